The lowest BCUT2D eigenvalue weighted by Gasteiger charge is -2.38. The fraction of sp³-hybridized carbons (Fsp3) is 0.0968. The van der Waals surface area contributed by atoms with Gasteiger partial charge in [-0.15, -0.1) is 10.2 Å². The van der Waals surface area contributed by atoms with Crippen molar-refractivity contribution in [2.24, 2.45) is 0 Å². The molecule has 0 amide bonds. The first kappa shape index (κ1) is 22.1. The highest BCUT2D eigenvalue weighted by Gasteiger charge is 2.26. The van der Waals surface area contributed by atoms with E-state index >= 15 is 0 Å². The van der Waals surface area contributed by atoms with Gasteiger partial charge in [-0.25, -0.2) is 0 Å². The Hall–Kier alpha value is -3.69. The minimum atomic E-state index is -1.40. The second-order valence-corrected chi connectivity index (χ2v) is 12.1. The Bertz CT molecular complexity index is 1310. The molecule has 4 aromatic carbocycles. The summed E-state index contributed by atoms with van der Waals surface area (Å²) in [6, 6.07) is 36.3. The van der Waals surface area contributed by atoms with Gasteiger partial charge < -0.3 is 10.0 Å². The van der Waals surface area contributed by atoms with Gasteiger partial charge >= 0.3 is 0 Å². The molecule has 1 aliphatic carbocycles. The molecule has 1 aliphatic rings. The molecule has 4 aromatic rings. The zero-order chi connectivity index (χ0) is 23.4. The molecule has 0 heterocycles. The molecule has 0 bridgehead atoms. The first-order chi connectivity index (χ1) is 16.6. The lowest BCUT2D eigenvalue weighted by Crippen LogP contribution is -2.13. The van der Waals surface area contributed by atoms with Crippen LogP contribution in [0.2, 0.25) is 0 Å². The summed E-state index contributed by atoms with van der Waals surface area (Å²) < 4.78 is 3.89. The summed E-state index contributed by atoms with van der Waals surface area (Å²) in [5.74, 6) is 0.286. The molecule has 0 atom stereocenters. The van der Waals surface area contributed by atoms with Gasteiger partial charge in [0, 0.05) is 33.4 Å². The van der Waals surface area contributed by atoms with E-state index in [1.54, 1.807) is 0 Å². The summed E-state index contributed by atoms with van der Waals surface area (Å²) in [4.78, 5) is 1.39. The molecule has 0 saturated heterocycles. The van der Waals surface area contributed by atoms with Crippen LogP contribution in [0.25, 0.3) is 11.1 Å². The van der Waals surface area contributed by atoms with Crippen molar-refractivity contribution in [3.05, 3.63) is 133 Å². The van der Waals surface area contributed by atoms with Crippen LogP contribution in [0.5, 0.6) is 0 Å². The summed E-state index contributed by atoms with van der Waals surface area (Å²) in [5.41, 5.74) is 7.19. The van der Waals surface area contributed by atoms with Gasteiger partial charge in [0.15, 0.2) is 0 Å². The third-order valence-corrected chi connectivity index (χ3v) is 8.30. The second kappa shape index (κ2) is 9.66. The quantitative estimate of drug-likeness (QED) is 0.287. The number of hydrogen-bond donors (Lipinski definition) is 2. The normalized spacial score (nSPS) is 13.7. The minimum Gasteiger partial charge on any atom is -0.355 e. The zero-order valence-electron chi connectivity index (χ0n) is 19.6. The molecule has 0 saturated carbocycles. The SMILES string of the molecule is CS(C)(Nc1ccccc1)c1c(-c2ccccc2Nc2ccccc2)cccc1C1C=CC=C1. The number of rotatable bonds is 7. The third kappa shape index (κ3) is 4.66. The summed E-state index contributed by atoms with van der Waals surface area (Å²) >= 11 is 0. The molecular weight excluding hydrogens is 432 g/mol. The van der Waals surface area contributed by atoms with Crippen molar-refractivity contribution in [1.29, 1.82) is 0 Å². The van der Waals surface area contributed by atoms with Crippen molar-refractivity contribution in [1.82, 2.24) is 0 Å². The fourth-order valence-corrected chi connectivity index (χ4v) is 6.94. The predicted molar refractivity (Wildman–Crippen MR) is 150 cm³/mol. The van der Waals surface area contributed by atoms with E-state index in [2.05, 4.69) is 144 Å². The van der Waals surface area contributed by atoms with E-state index in [0.29, 0.717) is 0 Å². The van der Waals surface area contributed by atoms with E-state index in [4.69, 9.17) is 0 Å². The molecule has 0 unspecified atom stereocenters. The van der Waals surface area contributed by atoms with Crippen LogP contribution in [0, 0.1) is 0 Å². The monoisotopic (exact) mass is 462 g/mol. The number of hydrogen-bond acceptors (Lipinski definition) is 2. The largest absolute Gasteiger partial charge is 0.355 e. The van der Waals surface area contributed by atoms with E-state index in [9.17, 15) is 0 Å². The van der Waals surface area contributed by atoms with Gasteiger partial charge in [-0.3, -0.25) is 0 Å². The highest BCUT2D eigenvalue weighted by atomic mass is 32.3. The highest BCUT2D eigenvalue weighted by molar-refractivity contribution is 8.33. The first-order valence-corrected chi connectivity index (χ1v) is 14.0. The van der Waals surface area contributed by atoms with Crippen molar-refractivity contribution < 1.29 is 0 Å². The van der Waals surface area contributed by atoms with Crippen LogP contribution >= 0.6 is 10.2 Å². The molecule has 5 rings (SSSR count). The lowest BCUT2D eigenvalue weighted by atomic mass is 9.95. The molecule has 0 radical (unpaired) electrons. The molecule has 2 N–H and O–H groups in total. The second-order valence-electron chi connectivity index (χ2n) is 8.85. The van der Waals surface area contributed by atoms with Crippen molar-refractivity contribution in [3.63, 3.8) is 0 Å². The van der Waals surface area contributed by atoms with Crippen LogP contribution in [-0.2, 0) is 0 Å². The maximum Gasteiger partial charge on any atom is 0.0464 e. The maximum atomic E-state index is 3.89. The standard InChI is InChI=1S/C31H30N2S/c1-34(2,33-26-18-7-4-8-19-26)31-27(24-14-9-10-15-24)21-13-22-29(31)28-20-11-12-23-30(28)32-25-16-5-3-6-17-25/h3-24,32-33H,1-2H3. The van der Waals surface area contributed by atoms with Gasteiger partial charge in [0.2, 0.25) is 0 Å². The van der Waals surface area contributed by atoms with Crippen molar-refractivity contribution in [3.8, 4) is 11.1 Å². The summed E-state index contributed by atoms with van der Waals surface area (Å²) in [7, 11) is -1.40. The van der Waals surface area contributed by atoms with Gasteiger partial charge in [0.25, 0.3) is 0 Å². The Morgan fingerprint density at radius 3 is 1.88 bits per heavy atom. The minimum absolute atomic E-state index is 0.286. The predicted octanol–water partition coefficient (Wildman–Crippen LogP) is 8.76. The number of nitrogens with one attached hydrogen (secondary N) is 2. The van der Waals surface area contributed by atoms with Crippen molar-refractivity contribution >= 4 is 27.3 Å². The van der Waals surface area contributed by atoms with Gasteiger partial charge in [-0.1, -0.05) is 97.1 Å². The molecule has 0 aromatic heterocycles. The van der Waals surface area contributed by atoms with Crippen LogP contribution in [-0.4, -0.2) is 12.5 Å². The number of anilines is 3. The number of allylic oxidation sites excluding steroid dienone is 4. The Morgan fingerprint density at radius 2 is 1.18 bits per heavy atom. The summed E-state index contributed by atoms with van der Waals surface area (Å²) in [5, 5.41) is 3.65. The molecule has 3 heteroatoms. The Kier molecular flexibility index (Phi) is 6.29. The van der Waals surface area contributed by atoms with Gasteiger partial charge in [0.05, 0.1) is 0 Å². The molecule has 170 valence electrons. The molecule has 0 aliphatic heterocycles. The van der Waals surface area contributed by atoms with Crippen LogP contribution in [0.1, 0.15) is 11.5 Å². The summed E-state index contributed by atoms with van der Waals surface area (Å²) in [6.07, 6.45) is 13.6. The van der Waals surface area contributed by atoms with Crippen LogP contribution in [0.15, 0.2) is 132 Å². The number of para-hydroxylation sites is 3. The molecule has 0 fully saturated rings. The Morgan fingerprint density at radius 1 is 0.588 bits per heavy atom. The Balaban J connectivity index is 1.66. The highest BCUT2D eigenvalue weighted by Crippen LogP contribution is 2.56. The molecular formula is C31H30N2S. The molecule has 34 heavy (non-hydrogen) atoms. The average Bonchev–Trinajstić information content (AvgIpc) is 3.40. The summed E-state index contributed by atoms with van der Waals surface area (Å²) in [6.45, 7) is 0. The lowest BCUT2D eigenvalue weighted by molar-refractivity contribution is 1.05. The van der Waals surface area contributed by atoms with Crippen molar-refractivity contribution in [2.45, 2.75) is 10.8 Å². The van der Waals surface area contributed by atoms with E-state index in [1.807, 2.05) is 6.07 Å². The van der Waals surface area contributed by atoms with Gasteiger partial charge in [-0.05, 0) is 54.0 Å². The van der Waals surface area contributed by atoms with E-state index < -0.39 is 10.2 Å². The van der Waals surface area contributed by atoms with Crippen molar-refractivity contribution in [2.75, 3.05) is 22.6 Å². The fourth-order valence-electron chi connectivity index (χ4n) is 4.59. The third-order valence-electron chi connectivity index (χ3n) is 6.08. The number of benzene rings is 4. The van der Waals surface area contributed by atoms with E-state index in [1.165, 1.54) is 21.6 Å². The smallest absolute Gasteiger partial charge is 0.0464 e. The topological polar surface area (TPSA) is 24.1 Å². The van der Waals surface area contributed by atoms with Gasteiger partial charge in [0.1, 0.15) is 0 Å². The van der Waals surface area contributed by atoms with Crippen LogP contribution in [0.4, 0.5) is 17.1 Å². The zero-order valence-corrected chi connectivity index (χ0v) is 20.4. The van der Waals surface area contributed by atoms with Crippen LogP contribution < -0.4 is 10.0 Å². The first-order valence-electron chi connectivity index (χ1n) is 11.6. The average molecular weight is 463 g/mol. The molecule has 0 spiro atoms. The van der Waals surface area contributed by atoms with E-state index in [-0.39, 0.29) is 5.92 Å². The van der Waals surface area contributed by atoms with Crippen LogP contribution in [0.3, 0.4) is 0 Å². The Labute approximate surface area is 204 Å². The van der Waals surface area contributed by atoms with E-state index in [0.717, 1.165) is 17.1 Å². The maximum absolute atomic E-state index is 3.89. The molecule has 2 nitrogen and oxygen atoms in total. The van der Waals surface area contributed by atoms with Gasteiger partial charge in [-0.2, -0.15) is 0 Å².